The van der Waals surface area contributed by atoms with Gasteiger partial charge in [-0.3, -0.25) is 9.67 Å². The fraction of sp³-hybridized carbons (Fsp3) is 0.100. The van der Waals surface area contributed by atoms with E-state index < -0.39 is 0 Å². The molecule has 4 aromatic heterocycles. The second kappa shape index (κ2) is 9.39. The van der Waals surface area contributed by atoms with Crippen molar-refractivity contribution < 1.29 is 4.74 Å². The smallest absolute Gasteiger partial charge is 0.160 e. The second-order valence-corrected chi connectivity index (χ2v) is 6.52. The number of hydrogen-bond donors (Lipinski definition) is 4. The Kier molecular flexibility index (Phi) is 6.42. The van der Waals surface area contributed by atoms with Gasteiger partial charge in [0.25, 0.3) is 0 Å². The number of anilines is 2. The van der Waals surface area contributed by atoms with E-state index in [-0.39, 0.29) is 0 Å². The summed E-state index contributed by atoms with van der Waals surface area (Å²) >= 11 is 1.84. The van der Waals surface area contributed by atoms with E-state index in [4.69, 9.17) is 10.5 Å². The van der Waals surface area contributed by atoms with Gasteiger partial charge >= 0.3 is 0 Å². The summed E-state index contributed by atoms with van der Waals surface area (Å²) in [6.45, 7) is 0.348. The maximum Gasteiger partial charge on any atom is 0.160 e. The summed E-state index contributed by atoms with van der Waals surface area (Å²) in [4.78, 5) is 12.9. The summed E-state index contributed by atoms with van der Waals surface area (Å²) in [6.07, 6.45) is 3.31. The molecule has 5 rings (SSSR count). The molecule has 0 spiro atoms. The topological polar surface area (TPSA) is 120 Å². The zero-order valence-electron chi connectivity index (χ0n) is 16.5. The van der Waals surface area contributed by atoms with Gasteiger partial charge in [-0.2, -0.15) is 5.10 Å². The van der Waals surface area contributed by atoms with Crippen LogP contribution < -0.4 is 15.8 Å². The van der Waals surface area contributed by atoms with Crippen LogP contribution in [0.25, 0.3) is 27.8 Å². The zero-order chi connectivity index (χ0) is 21.8. The van der Waals surface area contributed by atoms with Crippen molar-refractivity contribution >= 4 is 64.6 Å². The number of nitrogens with two attached hydrogens (primary N) is 1. The minimum Gasteiger partial charge on any atom is -0.487 e. The predicted molar refractivity (Wildman–Crippen MR) is 134 cm³/mol. The molecule has 5 aromatic rings. The molecule has 0 aliphatic heterocycles. The van der Waals surface area contributed by atoms with E-state index in [0.29, 0.717) is 23.9 Å². The maximum absolute atomic E-state index is 5.92. The molecule has 11 heteroatoms. The number of nitrogens with one attached hydrogen (secondary N) is 2. The van der Waals surface area contributed by atoms with Crippen molar-refractivity contribution in [3.63, 3.8) is 0 Å². The van der Waals surface area contributed by atoms with Gasteiger partial charge in [-0.15, -0.1) is 9.80 Å². The molecule has 0 aliphatic rings. The average molecular weight is 546 g/mol. The van der Waals surface area contributed by atoms with Crippen LogP contribution in [0, 0.1) is 0 Å². The van der Waals surface area contributed by atoms with Crippen LogP contribution >= 0.6 is 31.0 Å². The van der Waals surface area contributed by atoms with Crippen molar-refractivity contribution in [1.82, 2.24) is 29.7 Å². The van der Waals surface area contributed by atoms with Crippen LogP contribution in [0.15, 0.2) is 55.0 Å². The predicted octanol–water partition coefficient (Wildman–Crippen LogP) is 4.16. The molecular weight excluding hydrogens is 527 g/mol. The van der Waals surface area contributed by atoms with Crippen LogP contribution in [0.4, 0.5) is 11.6 Å². The molecule has 31 heavy (non-hydrogen) atoms. The normalized spacial score (nSPS) is 10.7. The van der Waals surface area contributed by atoms with E-state index in [2.05, 4.69) is 40.3 Å². The number of ether oxygens (including phenoxy) is 1. The van der Waals surface area contributed by atoms with Crippen LogP contribution in [0.2, 0.25) is 0 Å². The summed E-state index contributed by atoms with van der Waals surface area (Å²) in [7, 11) is 5.34. The largest absolute Gasteiger partial charge is 0.487 e. The number of H-pyrrole nitrogens is 1. The minimum atomic E-state index is 0.348. The van der Waals surface area contributed by atoms with Crippen molar-refractivity contribution in [2.45, 2.75) is 6.61 Å². The molecule has 0 radical (unpaired) electrons. The van der Waals surface area contributed by atoms with Crippen molar-refractivity contribution in [3.05, 3.63) is 60.7 Å². The Bertz CT molecular complexity index is 1340. The first-order chi connectivity index (χ1) is 15.2. The zero-order valence-corrected chi connectivity index (χ0v) is 19.5. The Morgan fingerprint density at radius 3 is 2.84 bits per heavy atom. The van der Waals surface area contributed by atoms with Crippen LogP contribution in [0.3, 0.4) is 0 Å². The Morgan fingerprint density at radius 1 is 1.16 bits per heavy atom. The van der Waals surface area contributed by atoms with E-state index in [9.17, 15) is 0 Å². The number of halogens is 1. The molecule has 0 atom stereocenters. The number of nitrogens with zero attached hydrogens (tertiary/aromatic N) is 5. The molecule has 0 fully saturated rings. The molecule has 1 aromatic carbocycles. The molecule has 4 N–H and O–H groups in total. The van der Waals surface area contributed by atoms with Gasteiger partial charge in [-0.25, -0.2) is 15.0 Å². The highest BCUT2D eigenvalue weighted by Gasteiger charge is 2.11. The Morgan fingerprint density at radius 2 is 2.00 bits per heavy atom. The second-order valence-electron chi connectivity index (χ2n) is 6.52. The quantitative estimate of drug-likeness (QED) is 0.193. The number of rotatable bonds is 5. The van der Waals surface area contributed by atoms with Gasteiger partial charge < -0.3 is 15.8 Å². The summed E-state index contributed by atoms with van der Waals surface area (Å²) in [5.41, 5.74) is 8.31. The van der Waals surface area contributed by atoms with Gasteiger partial charge in [0, 0.05) is 30.8 Å². The molecule has 9 nitrogen and oxygen atoms in total. The minimum absolute atomic E-state index is 0.348. The summed E-state index contributed by atoms with van der Waals surface area (Å²) < 4.78 is 7.78. The molecule has 0 bridgehead atoms. The molecule has 158 valence electrons. The van der Waals surface area contributed by atoms with Gasteiger partial charge in [0.05, 0.1) is 16.6 Å². The number of thiol groups is 1. The Hall–Kier alpha value is -3.06. The van der Waals surface area contributed by atoms with Gasteiger partial charge in [-0.1, -0.05) is 0 Å². The molecule has 0 saturated heterocycles. The Labute approximate surface area is 195 Å². The molecule has 0 saturated carbocycles. The van der Waals surface area contributed by atoms with Crippen molar-refractivity contribution in [2.75, 3.05) is 18.1 Å². The number of benzene rings is 1. The highest BCUT2D eigenvalue weighted by atomic mass is 127. The molecule has 0 unspecified atom stereocenters. The lowest BCUT2D eigenvalue weighted by Crippen LogP contribution is -1.97. The fourth-order valence-corrected chi connectivity index (χ4v) is 3.19. The lowest BCUT2D eigenvalue weighted by molar-refractivity contribution is 0.301. The number of nitrogen functional groups attached to an aromatic ring is 1. The van der Waals surface area contributed by atoms with Gasteiger partial charge in [0.2, 0.25) is 0 Å². The van der Waals surface area contributed by atoms with Gasteiger partial charge in [0.15, 0.2) is 11.5 Å². The SMILES string of the molecule is CNc1ccc2ccc(OCc3cc(-n4ccc5c(N)ncnc54)n[nH]3)cc2n1.SI. The summed E-state index contributed by atoms with van der Waals surface area (Å²) in [6, 6.07) is 13.6. The third kappa shape index (κ3) is 4.37. The van der Waals surface area contributed by atoms with Crippen LogP contribution in [-0.4, -0.2) is 36.8 Å². The number of aromatic amines is 1. The average Bonchev–Trinajstić information content (AvgIpc) is 3.46. The monoisotopic (exact) mass is 546 g/mol. The number of pyridine rings is 1. The summed E-state index contributed by atoms with van der Waals surface area (Å²) in [5.74, 6) is 2.70. The highest BCUT2D eigenvalue weighted by molar-refractivity contribution is 14.2. The van der Waals surface area contributed by atoms with E-state index in [0.717, 1.165) is 33.6 Å². The highest BCUT2D eigenvalue weighted by Crippen LogP contribution is 2.23. The van der Waals surface area contributed by atoms with E-state index in [1.54, 1.807) is 0 Å². The van der Waals surface area contributed by atoms with Gasteiger partial charge in [-0.05, 0) is 51.5 Å². The lowest BCUT2D eigenvalue weighted by Gasteiger charge is -2.07. The van der Waals surface area contributed by atoms with Gasteiger partial charge in [0.1, 0.15) is 30.3 Å². The molecule has 0 amide bonds. The number of fused-ring (bicyclic) bond motifs is 2. The Balaban J connectivity index is 0.00000112. The van der Waals surface area contributed by atoms with E-state index in [1.807, 2.05) is 81.5 Å². The fourth-order valence-electron chi connectivity index (χ4n) is 3.19. The first kappa shape index (κ1) is 21.2. The maximum atomic E-state index is 5.92. The number of aromatic nitrogens is 6. The molecular formula is C20H19IN8OS. The third-order valence-corrected chi connectivity index (χ3v) is 4.69. The van der Waals surface area contributed by atoms with E-state index >= 15 is 0 Å². The number of hydrogen-bond acceptors (Lipinski definition) is 8. The van der Waals surface area contributed by atoms with E-state index in [1.165, 1.54) is 6.33 Å². The first-order valence-corrected chi connectivity index (χ1v) is 12.4. The summed E-state index contributed by atoms with van der Waals surface area (Å²) in [5, 5.41) is 12.3. The van der Waals surface area contributed by atoms with Crippen LogP contribution in [0.5, 0.6) is 5.75 Å². The van der Waals surface area contributed by atoms with Crippen molar-refractivity contribution in [3.8, 4) is 11.6 Å². The lowest BCUT2D eigenvalue weighted by atomic mass is 10.2. The molecule has 4 heterocycles. The third-order valence-electron chi connectivity index (χ3n) is 4.69. The van der Waals surface area contributed by atoms with Crippen LogP contribution in [0.1, 0.15) is 5.69 Å². The standard InChI is InChI=1S/C20H18N8O.HIS/c1-22-17-5-3-12-2-4-14(9-16(12)25-17)29-10-13-8-18(27-26-13)28-7-6-15-19(21)23-11-24-20(15)28;1-2/h2-9,11H,10H2,1H3,(H,22,25)(H,26,27)(H2,21,23,24);2H. The van der Waals surface area contributed by atoms with Crippen molar-refractivity contribution in [1.29, 1.82) is 0 Å². The molecule has 0 aliphatic carbocycles. The van der Waals surface area contributed by atoms with Crippen LogP contribution in [-0.2, 0) is 6.61 Å². The first-order valence-electron chi connectivity index (χ1n) is 9.22. The van der Waals surface area contributed by atoms with Crippen molar-refractivity contribution in [2.24, 2.45) is 0 Å².